The van der Waals surface area contributed by atoms with Crippen molar-refractivity contribution in [3.8, 4) is 17.2 Å². The Balaban J connectivity index is 2.74. The van der Waals surface area contributed by atoms with E-state index in [1.54, 1.807) is 14.2 Å². The van der Waals surface area contributed by atoms with Crippen LogP contribution in [0.4, 0.5) is 0 Å². The van der Waals surface area contributed by atoms with E-state index in [9.17, 15) is 0 Å². The molecule has 4 heteroatoms. The van der Waals surface area contributed by atoms with Crippen LogP contribution in [0.25, 0.3) is 0 Å². The van der Waals surface area contributed by atoms with Crippen LogP contribution in [0.2, 0.25) is 0 Å². The Bertz CT molecular complexity index is 373. The summed E-state index contributed by atoms with van der Waals surface area (Å²) in [5.74, 6) is 2.24. The summed E-state index contributed by atoms with van der Waals surface area (Å²) in [5, 5.41) is 3.51. The first-order valence-electron chi connectivity index (χ1n) is 7.27. The lowest BCUT2D eigenvalue weighted by Crippen LogP contribution is -2.41. The monoisotopic (exact) mass is 281 g/mol. The van der Waals surface area contributed by atoms with Gasteiger partial charge in [0, 0.05) is 24.2 Å². The standard InChI is InChI=1S/C16H27NO3/c1-6-8-17-16(7-2)12(3)20-15-10-13(18-4)9-14(11-15)19-5/h9-12,16-17H,6-8H2,1-5H3. The molecule has 1 rings (SSSR count). The molecule has 0 aromatic heterocycles. The van der Waals surface area contributed by atoms with E-state index in [-0.39, 0.29) is 6.10 Å². The van der Waals surface area contributed by atoms with Gasteiger partial charge in [-0.15, -0.1) is 0 Å². The van der Waals surface area contributed by atoms with Gasteiger partial charge in [0.2, 0.25) is 0 Å². The van der Waals surface area contributed by atoms with E-state index in [1.165, 1.54) is 0 Å². The second-order valence-electron chi connectivity index (χ2n) is 4.84. The lowest BCUT2D eigenvalue weighted by Gasteiger charge is -2.25. The fourth-order valence-corrected chi connectivity index (χ4v) is 2.12. The maximum atomic E-state index is 6.03. The van der Waals surface area contributed by atoms with E-state index in [4.69, 9.17) is 14.2 Å². The summed E-state index contributed by atoms with van der Waals surface area (Å²) in [7, 11) is 3.28. The van der Waals surface area contributed by atoms with Crippen LogP contribution < -0.4 is 19.5 Å². The molecule has 0 radical (unpaired) electrons. The van der Waals surface area contributed by atoms with E-state index < -0.39 is 0 Å². The zero-order valence-corrected chi connectivity index (χ0v) is 13.2. The van der Waals surface area contributed by atoms with Crippen molar-refractivity contribution in [1.29, 1.82) is 0 Å². The molecule has 1 aromatic rings. The fraction of sp³-hybridized carbons (Fsp3) is 0.625. The average molecular weight is 281 g/mol. The van der Waals surface area contributed by atoms with Gasteiger partial charge in [0.15, 0.2) is 0 Å². The number of benzene rings is 1. The number of hydrogen-bond donors (Lipinski definition) is 1. The van der Waals surface area contributed by atoms with Gasteiger partial charge < -0.3 is 19.5 Å². The van der Waals surface area contributed by atoms with Crippen LogP contribution in [0.1, 0.15) is 33.6 Å². The minimum Gasteiger partial charge on any atom is -0.496 e. The van der Waals surface area contributed by atoms with Crippen LogP contribution in [0.15, 0.2) is 18.2 Å². The van der Waals surface area contributed by atoms with Gasteiger partial charge in [-0.2, -0.15) is 0 Å². The highest BCUT2D eigenvalue weighted by Gasteiger charge is 2.17. The minimum atomic E-state index is 0.0864. The summed E-state index contributed by atoms with van der Waals surface area (Å²) in [5.41, 5.74) is 0. The molecule has 0 aliphatic heterocycles. The molecule has 0 saturated carbocycles. The topological polar surface area (TPSA) is 39.7 Å². The third-order valence-corrected chi connectivity index (χ3v) is 3.31. The Labute approximate surface area is 122 Å². The number of methoxy groups -OCH3 is 2. The largest absolute Gasteiger partial charge is 0.496 e. The predicted octanol–water partition coefficient (Wildman–Crippen LogP) is 3.25. The van der Waals surface area contributed by atoms with E-state index in [0.717, 1.165) is 36.6 Å². The van der Waals surface area contributed by atoms with E-state index in [0.29, 0.717) is 6.04 Å². The van der Waals surface area contributed by atoms with Gasteiger partial charge in [0.05, 0.1) is 14.2 Å². The van der Waals surface area contributed by atoms with Crippen molar-refractivity contribution >= 4 is 0 Å². The van der Waals surface area contributed by atoms with Crippen molar-refractivity contribution in [2.24, 2.45) is 0 Å². The van der Waals surface area contributed by atoms with Crippen LogP contribution in [0.3, 0.4) is 0 Å². The van der Waals surface area contributed by atoms with Crippen LogP contribution in [0.5, 0.6) is 17.2 Å². The Morgan fingerprint density at radius 3 is 2.00 bits per heavy atom. The van der Waals surface area contributed by atoms with E-state index in [1.807, 2.05) is 18.2 Å². The molecule has 114 valence electrons. The van der Waals surface area contributed by atoms with Crippen molar-refractivity contribution in [1.82, 2.24) is 5.32 Å². The molecular weight excluding hydrogens is 254 g/mol. The van der Waals surface area contributed by atoms with Crippen molar-refractivity contribution in [3.63, 3.8) is 0 Å². The smallest absolute Gasteiger partial charge is 0.127 e. The lowest BCUT2D eigenvalue weighted by molar-refractivity contribution is 0.166. The van der Waals surface area contributed by atoms with Crippen molar-refractivity contribution in [3.05, 3.63) is 18.2 Å². The Morgan fingerprint density at radius 2 is 1.55 bits per heavy atom. The zero-order valence-electron chi connectivity index (χ0n) is 13.2. The van der Waals surface area contributed by atoms with E-state index in [2.05, 4.69) is 26.1 Å². The molecular formula is C16H27NO3. The minimum absolute atomic E-state index is 0.0864. The van der Waals surface area contributed by atoms with Gasteiger partial charge in [-0.1, -0.05) is 13.8 Å². The van der Waals surface area contributed by atoms with Crippen LogP contribution in [-0.2, 0) is 0 Å². The maximum absolute atomic E-state index is 6.03. The summed E-state index contributed by atoms with van der Waals surface area (Å²) in [6.45, 7) is 7.42. The molecule has 0 aliphatic carbocycles. The average Bonchev–Trinajstić information content (AvgIpc) is 2.47. The molecule has 0 spiro atoms. The Hall–Kier alpha value is -1.42. The fourth-order valence-electron chi connectivity index (χ4n) is 2.12. The van der Waals surface area contributed by atoms with Crippen molar-refractivity contribution in [2.45, 2.75) is 45.8 Å². The molecule has 1 aromatic carbocycles. The Morgan fingerprint density at radius 1 is 1.00 bits per heavy atom. The molecule has 0 heterocycles. The second kappa shape index (κ2) is 8.69. The third kappa shape index (κ3) is 4.93. The van der Waals surface area contributed by atoms with Crippen LogP contribution >= 0.6 is 0 Å². The summed E-state index contributed by atoms with van der Waals surface area (Å²) in [4.78, 5) is 0. The SMILES string of the molecule is CCCNC(CC)C(C)Oc1cc(OC)cc(OC)c1. The molecule has 2 unspecified atom stereocenters. The number of hydrogen-bond acceptors (Lipinski definition) is 4. The number of rotatable bonds is 9. The quantitative estimate of drug-likeness (QED) is 0.754. The molecule has 2 atom stereocenters. The highest BCUT2D eigenvalue weighted by Crippen LogP contribution is 2.28. The number of nitrogens with one attached hydrogen (secondary N) is 1. The predicted molar refractivity (Wildman–Crippen MR) is 82.0 cm³/mol. The highest BCUT2D eigenvalue weighted by molar-refractivity contribution is 5.42. The molecule has 1 N–H and O–H groups in total. The summed E-state index contributed by atoms with van der Waals surface area (Å²) >= 11 is 0. The second-order valence-corrected chi connectivity index (χ2v) is 4.84. The highest BCUT2D eigenvalue weighted by atomic mass is 16.5. The molecule has 0 amide bonds. The van der Waals surface area contributed by atoms with Gasteiger partial charge in [-0.3, -0.25) is 0 Å². The first-order chi connectivity index (χ1) is 9.64. The van der Waals surface area contributed by atoms with Gasteiger partial charge in [0.1, 0.15) is 23.4 Å². The molecule has 0 aliphatic rings. The van der Waals surface area contributed by atoms with Gasteiger partial charge in [-0.05, 0) is 26.3 Å². The van der Waals surface area contributed by atoms with Crippen molar-refractivity contribution < 1.29 is 14.2 Å². The Kier molecular flexibility index (Phi) is 7.23. The van der Waals surface area contributed by atoms with Crippen LogP contribution in [0, 0.1) is 0 Å². The van der Waals surface area contributed by atoms with Gasteiger partial charge in [-0.25, -0.2) is 0 Å². The molecule has 20 heavy (non-hydrogen) atoms. The first-order valence-corrected chi connectivity index (χ1v) is 7.27. The number of ether oxygens (including phenoxy) is 3. The summed E-state index contributed by atoms with van der Waals surface area (Å²) in [6, 6.07) is 5.94. The first kappa shape index (κ1) is 16.6. The lowest BCUT2D eigenvalue weighted by atomic mass is 10.1. The maximum Gasteiger partial charge on any atom is 0.127 e. The molecule has 4 nitrogen and oxygen atoms in total. The third-order valence-electron chi connectivity index (χ3n) is 3.31. The van der Waals surface area contributed by atoms with Gasteiger partial charge in [0.25, 0.3) is 0 Å². The normalized spacial score (nSPS) is 13.7. The van der Waals surface area contributed by atoms with Gasteiger partial charge >= 0.3 is 0 Å². The molecule has 0 saturated heterocycles. The summed E-state index contributed by atoms with van der Waals surface area (Å²) < 4.78 is 16.5. The molecule has 0 fully saturated rings. The van der Waals surface area contributed by atoms with Crippen LogP contribution in [-0.4, -0.2) is 32.9 Å². The van der Waals surface area contributed by atoms with E-state index >= 15 is 0 Å². The van der Waals surface area contributed by atoms with Crippen molar-refractivity contribution in [2.75, 3.05) is 20.8 Å². The molecule has 0 bridgehead atoms. The summed E-state index contributed by atoms with van der Waals surface area (Å²) in [6.07, 6.45) is 2.24. The zero-order chi connectivity index (χ0) is 15.0.